The molecule has 0 radical (unpaired) electrons. The van der Waals surface area contributed by atoms with Gasteiger partial charge in [0.05, 0.1) is 22.1 Å². The van der Waals surface area contributed by atoms with Crippen molar-refractivity contribution in [1.82, 2.24) is 9.97 Å². The van der Waals surface area contributed by atoms with Crippen LogP contribution in [0.1, 0.15) is 0 Å². The zero-order valence-corrected chi connectivity index (χ0v) is 21.6. The fourth-order valence-corrected chi connectivity index (χ4v) is 6.72. The highest BCUT2D eigenvalue weighted by Gasteiger charge is 2.26. The predicted molar refractivity (Wildman–Crippen MR) is 151 cm³/mol. The number of nitrogens with zero attached hydrogens (tertiary/aromatic N) is 2. The van der Waals surface area contributed by atoms with Crippen molar-refractivity contribution in [2.45, 2.75) is 0 Å². The summed E-state index contributed by atoms with van der Waals surface area (Å²) in [6.45, 7) is 0. The Bertz CT molecular complexity index is 2420. The lowest BCUT2D eigenvalue weighted by Crippen LogP contribution is -2.08. The van der Waals surface area contributed by atoms with Gasteiger partial charge in [-0.3, -0.25) is 9.11 Å². The van der Waals surface area contributed by atoms with Crippen molar-refractivity contribution in [3.05, 3.63) is 72.8 Å². The van der Waals surface area contributed by atoms with Crippen LogP contribution >= 0.6 is 0 Å². The van der Waals surface area contributed by atoms with Crippen LogP contribution in [0, 0.1) is 0 Å². The molecule has 0 unspecified atom stereocenters. The average molecular weight is 571 g/mol. The summed E-state index contributed by atoms with van der Waals surface area (Å²) >= 11 is 0. The van der Waals surface area contributed by atoms with E-state index in [4.69, 9.17) is 18.3 Å². The third-order valence-corrected chi connectivity index (χ3v) is 8.03. The molecule has 0 bridgehead atoms. The van der Waals surface area contributed by atoms with Crippen LogP contribution in [0.25, 0.3) is 75.9 Å². The molecule has 0 aliphatic carbocycles. The number of aromatic nitrogens is 2. The smallest absolute Gasteiger partial charge is 0.360 e. The van der Waals surface area contributed by atoms with Gasteiger partial charge in [-0.2, -0.15) is 16.8 Å². The second-order valence-corrected chi connectivity index (χ2v) is 11.5. The maximum absolute atomic E-state index is 11.9. The Labute approximate surface area is 225 Å². The monoisotopic (exact) mass is 570 g/mol. The van der Waals surface area contributed by atoms with Gasteiger partial charge in [0, 0.05) is 53.9 Å². The zero-order chi connectivity index (χ0) is 27.6. The van der Waals surface area contributed by atoms with Crippen LogP contribution in [0.5, 0.6) is 11.5 Å². The number of fused-ring (bicyclic) bond motifs is 4. The van der Waals surface area contributed by atoms with Crippen molar-refractivity contribution in [3.8, 4) is 11.5 Å². The first-order chi connectivity index (χ1) is 19.1. The maximum Gasteiger partial charge on any atom is 0.446 e. The number of hydrogen-bond acceptors (Lipinski definition) is 8. The Morgan fingerprint density at radius 2 is 0.850 bits per heavy atom. The molecule has 8 aromatic rings. The molecule has 2 aromatic heterocycles. The van der Waals surface area contributed by atoms with Crippen LogP contribution in [-0.2, 0) is 20.8 Å². The first kappa shape index (κ1) is 23.3. The van der Waals surface area contributed by atoms with E-state index in [9.17, 15) is 25.9 Å². The van der Waals surface area contributed by atoms with E-state index in [-0.39, 0.29) is 11.5 Å². The second-order valence-electron chi connectivity index (χ2n) is 9.46. The quantitative estimate of drug-likeness (QED) is 0.151. The second kappa shape index (κ2) is 7.52. The number of hydrogen-bond donors (Lipinski definition) is 2. The van der Waals surface area contributed by atoms with Crippen LogP contribution < -0.4 is 8.37 Å². The van der Waals surface area contributed by atoms with Crippen LogP contribution in [0.4, 0.5) is 0 Å². The highest BCUT2D eigenvalue weighted by molar-refractivity contribution is 7.81. The Morgan fingerprint density at radius 1 is 0.475 bits per heavy atom. The van der Waals surface area contributed by atoms with E-state index in [0.29, 0.717) is 75.9 Å². The Balaban J connectivity index is 1.68. The summed E-state index contributed by atoms with van der Waals surface area (Å²) in [5.41, 5.74) is 2.33. The first-order valence-corrected chi connectivity index (χ1v) is 14.6. The fraction of sp³-hybridized carbons (Fsp3) is 0. The fourth-order valence-electron chi connectivity index (χ4n) is 5.94. The molecule has 40 heavy (non-hydrogen) atoms. The summed E-state index contributed by atoms with van der Waals surface area (Å²) in [6.07, 6.45) is 0. The summed E-state index contributed by atoms with van der Waals surface area (Å²) < 4.78 is 76.9. The van der Waals surface area contributed by atoms with Gasteiger partial charge in [0.25, 0.3) is 0 Å². The van der Waals surface area contributed by atoms with Crippen molar-refractivity contribution in [2.75, 3.05) is 0 Å². The Morgan fingerprint density at radius 3 is 1.23 bits per heavy atom. The minimum absolute atomic E-state index is 0.0508. The molecule has 2 heterocycles. The molecule has 2 N–H and O–H groups in total. The molecule has 6 aromatic carbocycles. The first-order valence-electron chi connectivity index (χ1n) is 11.9. The van der Waals surface area contributed by atoms with Gasteiger partial charge in [0.15, 0.2) is 11.5 Å². The van der Waals surface area contributed by atoms with Gasteiger partial charge in [-0.1, -0.05) is 48.5 Å². The summed E-state index contributed by atoms with van der Waals surface area (Å²) in [4.78, 5) is 9.96. The molecule has 0 saturated heterocycles. The average Bonchev–Trinajstić information content (AvgIpc) is 2.91. The van der Waals surface area contributed by atoms with Crippen LogP contribution in [0.2, 0.25) is 0 Å². The van der Waals surface area contributed by atoms with E-state index in [2.05, 4.69) is 0 Å². The normalized spacial score (nSPS) is 13.2. The molecule has 8 rings (SSSR count). The molecule has 0 saturated carbocycles. The SMILES string of the molecule is O=S(=O)(O)Oc1c2ccccc2c2nc3ccc4c(OS(=O)(=O)O)c5ccccc5c5nc6ccc1c2c6c3c45. The van der Waals surface area contributed by atoms with Crippen molar-refractivity contribution < 1.29 is 34.3 Å². The van der Waals surface area contributed by atoms with Gasteiger partial charge in [0.1, 0.15) is 0 Å². The minimum atomic E-state index is -4.87. The summed E-state index contributed by atoms with van der Waals surface area (Å²) in [6, 6.07) is 20.8. The van der Waals surface area contributed by atoms with Crippen molar-refractivity contribution in [2.24, 2.45) is 0 Å². The van der Waals surface area contributed by atoms with Crippen molar-refractivity contribution in [1.29, 1.82) is 0 Å². The van der Waals surface area contributed by atoms with Gasteiger partial charge in [-0.25, -0.2) is 9.97 Å². The van der Waals surface area contributed by atoms with E-state index in [1.165, 1.54) is 0 Å². The molecule has 12 heteroatoms. The maximum atomic E-state index is 11.9. The summed E-state index contributed by atoms with van der Waals surface area (Å²) in [7, 11) is -9.73. The number of pyridine rings is 2. The van der Waals surface area contributed by atoms with Gasteiger partial charge < -0.3 is 8.37 Å². The van der Waals surface area contributed by atoms with Gasteiger partial charge >= 0.3 is 20.8 Å². The van der Waals surface area contributed by atoms with E-state index in [0.717, 1.165) is 0 Å². The van der Waals surface area contributed by atoms with Gasteiger partial charge in [-0.15, -0.1) is 0 Å². The van der Waals surface area contributed by atoms with E-state index < -0.39 is 20.8 Å². The highest BCUT2D eigenvalue weighted by Crippen LogP contribution is 2.49. The molecule has 0 atom stereocenters. The van der Waals surface area contributed by atoms with Gasteiger partial charge in [-0.05, 0) is 24.3 Å². The molecule has 0 aliphatic heterocycles. The highest BCUT2D eigenvalue weighted by atomic mass is 32.3. The summed E-state index contributed by atoms with van der Waals surface area (Å²) in [5.74, 6) is -0.102. The molecule has 0 spiro atoms. The lowest BCUT2D eigenvalue weighted by Gasteiger charge is -2.20. The molecular weight excluding hydrogens is 556 g/mol. The van der Waals surface area contributed by atoms with Crippen LogP contribution in [0.3, 0.4) is 0 Å². The lowest BCUT2D eigenvalue weighted by atomic mass is 9.90. The third kappa shape index (κ3) is 3.15. The molecule has 0 amide bonds. The molecule has 10 nitrogen and oxygen atoms in total. The topological polar surface area (TPSA) is 153 Å². The Hall–Kier alpha value is -4.62. The van der Waals surface area contributed by atoms with Crippen molar-refractivity contribution in [3.63, 3.8) is 0 Å². The van der Waals surface area contributed by atoms with Crippen LogP contribution in [-0.4, -0.2) is 35.9 Å². The molecule has 196 valence electrons. The number of rotatable bonds is 4. The van der Waals surface area contributed by atoms with Crippen LogP contribution in [0.15, 0.2) is 72.8 Å². The third-order valence-electron chi connectivity index (χ3n) is 7.27. The Kier molecular flexibility index (Phi) is 4.38. The summed E-state index contributed by atoms with van der Waals surface area (Å²) in [5, 5.41) is 5.31. The minimum Gasteiger partial charge on any atom is -0.360 e. The zero-order valence-electron chi connectivity index (χ0n) is 20.0. The molecule has 0 fully saturated rings. The number of benzene rings is 6. The largest absolute Gasteiger partial charge is 0.446 e. The standard InChI is InChI=1S/C28H14N2O8S2/c31-39(32,33)37-27-15-7-3-1-5-13(15)25-21-17(27)9-12-20-23(21)24-19(29-25)11-10-18-22(24)26(30-20)14-6-2-4-8-16(14)28(18)38-40(34,35)36/h1-12H,(H,31,32,33)(H,34,35,36). The van der Waals surface area contributed by atoms with Gasteiger partial charge in [0.2, 0.25) is 0 Å². The molecular formula is C28H14N2O8S2. The predicted octanol–water partition coefficient (Wildman–Crippen LogP) is 5.79. The van der Waals surface area contributed by atoms with E-state index >= 15 is 0 Å². The van der Waals surface area contributed by atoms with E-state index in [1.54, 1.807) is 72.8 Å². The lowest BCUT2D eigenvalue weighted by molar-refractivity contribution is 0.387. The van der Waals surface area contributed by atoms with E-state index in [1.807, 2.05) is 0 Å². The van der Waals surface area contributed by atoms with Crippen molar-refractivity contribution >= 4 is 96.7 Å². The molecule has 0 aliphatic rings.